The Morgan fingerprint density at radius 1 is 0.608 bits per heavy atom. The van der Waals surface area contributed by atoms with Gasteiger partial charge in [0.25, 0.3) is 5.91 Å². The molecule has 11 amide bonds. The van der Waals surface area contributed by atoms with Gasteiger partial charge in [-0.25, -0.2) is 9.78 Å². The number of carbonyl (C=O) groups is 15. The molecular weight excluding hydrogens is 1270 g/mol. The molecule has 4 fully saturated rings. The van der Waals surface area contributed by atoms with Crippen LogP contribution >= 0.6 is 0 Å². The van der Waals surface area contributed by atoms with E-state index in [0.29, 0.717) is 31.1 Å². The van der Waals surface area contributed by atoms with Crippen molar-refractivity contribution in [1.29, 1.82) is 0 Å². The number of aromatic nitrogens is 1. The second-order valence-electron chi connectivity index (χ2n) is 24.8. The van der Waals surface area contributed by atoms with Crippen LogP contribution in [0.15, 0.2) is 30.3 Å². The standard InChI is InChI=1S/C63H89N13O21/c1-32(2)49-58(87)65-26-38(64)60(89)75-23-17-15-21-41(75)55(84)67-28-44(80)72(9)31-47(83)74(11)50(33(3)4)59(88)66-27-40(61(90)76-24-18-16-22-42(76)56(85)68-29-45(81)71(8)30-46(82)73(49)10)70-57(86)48-43(25-37-19-13-14-20-39(37)69-48)96-63-54(95-36(7)79)52(94-35(6)78)51(93-34(5)77)53(97-63)62(91)92-12/h13-14,19-20,25,32-33,38,40-42,49-54,63H,15-18,21-24,26-31,64H2,1-12H3,(H,65,87)(H,66,88)(H,67,84)(H,68,85)(H,70,86)/t38-,40-,41+,42+,49+,50+,51+,52+,53+,54-,63-/m1/s1. The van der Waals surface area contributed by atoms with Gasteiger partial charge in [-0.15, -0.1) is 0 Å². The molecule has 0 spiro atoms. The van der Waals surface area contributed by atoms with E-state index in [4.69, 9.17) is 34.2 Å². The van der Waals surface area contributed by atoms with Crippen molar-refractivity contribution < 1.29 is 100 Å². The smallest absolute Gasteiger partial charge is 0.339 e. The number of esters is 4. The molecule has 2 aromatic rings. The number of nitrogens with one attached hydrogen (secondary N) is 5. The fourth-order valence-corrected chi connectivity index (χ4v) is 11.9. The van der Waals surface area contributed by atoms with Crippen molar-refractivity contribution in [2.45, 2.75) is 154 Å². The summed E-state index contributed by atoms with van der Waals surface area (Å²) in [6.45, 7) is 5.97. The predicted octanol–water partition coefficient (Wildman–Crippen LogP) is -3.14. The van der Waals surface area contributed by atoms with E-state index in [-0.39, 0.29) is 38.0 Å². The second-order valence-corrected chi connectivity index (χ2v) is 24.8. The molecule has 4 aliphatic rings. The van der Waals surface area contributed by atoms with Crippen molar-refractivity contribution in [3.63, 3.8) is 0 Å². The maximum absolute atomic E-state index is 15.3. The molecule has 4 saturated heterocycles. The van der Waals surface area contributed by atoms with Crippen LogP contribution in [0.25, 0.3) is 10.9 Å². The number of carbonyl (C=O) groups excluding carboxylic acids is 15. The quantitative estimate of drug-likeness (QED) is 0.101. The van der Waals surface area contributed by atoms with Crippen LogP contribution in [0.2, 0.25) is 0 Å². The fourth-order valence-electron chi connectivity index (χ4n) is 11.9. The zero-order valence-corrected chi connectivity index (χ0v) is 56.6. The Kier molecular flexibility index (Phi) is 27.1. The molecule has 0 unspecified atom stereocenters. The van der Waals surface area contributed by atoms with Gasteiger partial charge in [0.1, 0.15) is 36.3 Å². The van der Waals surface area contributed by atoms with Crippen molar-refractivity contribution in [2.24, 2.45) is 17.6 Å². The van der Waals surface area contributed by atoms with Gasteiger partial charge in [0.15, 0.2) is 29.8 Å². The minimum Gasteiger partial charge on any atom is -0.467 e. The van der Waals surface area contributed by atoms with Crippen molar-refractivity contribution >= 4 is 99.8 Å². The molecule has 7 N–H and O–H groups in total. The number of benzene rings is 1. The molecule has 1 aromatic heterocycles. The molecule has 34 heteroatoms. The van der Waals surface area contributed by atoms with Crippen LogP contribution in [-0.2, 0) is 90.8 Å². The van der Waals surface area contributed by atoms with Gasteiger partial charge in [-0.3, -0.25) is 67.1 Å². The van der Waals surface area contributed by atoms with Crippen LogP contribution in [-0.4, -0.2) is 278 Å². The molecule has 0 aliphatic carbocycles. The molecule has 5 heterocycles. The number of hydrogen-bond acceptors (Lipinski definition) is 23. The summed E-state index contributed by atoms with van der Waals surface area (Å²) in [7, 11) is 6.23. The lowest BCUT2D eigenvalue weighted by molar-refractivity contribution is -0.282. The Bertz CT molecular complexity index is 3330. The van der Waals surface area contributed by atoms with Crippen molar-refractivity contribution in [3.05, 3.63) is 36.0 Å². The van der Waals surface area contributed by atoms with Crippen LogP contribution < -0.4 is 37.1 Å². The summed E-state index contributed by atoms with van der Waals surface area (Å²) in [5, 5.41) is 13.3. The van der Waals surface area contributed by atoms with Gasteiger partial charge >= 0.3 is 23.9 Å². The van der Waals surface area contributed by atoms with Gasteiger partial charge in [-0.05, 0) is 62.5 Å². The number of piperidine rings is 2. The number of ether oxygens (including phenoxy) is 6. The monoisotopic (exact) mass is 1360 g/mol. The van der Waals surface area contributed by atoms with Gasteiger partial charge in [0, 0.05) is 80.5 Å². The normalized spacial score (nSPS) is 26.5. The van der Waals surface area contributed by atoms with Crippen LogP contribution in [0.5, 0.6) is 5.75 Å². The van der Waals surface area contributed by atoms with Crippen LogP contribution in [0.4, 0.5) is 0 Å². The number of likely N-dealkylation sites (N-methyl/N-ethyl adjacent to an activating group) is 4. The molecule has 11 atom stereocenters. The summed E-state index contributed by atoms with van der Waals surface area (Å²) in [6.07, 6.45) is -7.37. The number of amides is 11. The molecule has 0 radical (unpaired) electrons. The number of para-hydroxylation sites is 1. The highest BCUT2D eigenvalue weighted by molar-refractivity contribution is 6.02. The summed E-state index contributed by atoms with van der Waals surface area (Å²) in [6, 6.07) is -0.358. The van der Waals surface area contributed by atoms with Crippen molar-refractivity contribution in [2.75, 3.05) is 87.7 Å². The highest BCUT2D eigenvalue weighted by atomic mass is 16.7. The highest BCUT2D eigenvalue weighted by Crippen LogP contribution is 2.34. The number of nitrogens with zero attached hydrogens (tertiary/aromatic N) is 7. The van der Waals surface area contributed by atoms with E-state index in [1.165, 1.54) is 45.2 Å². The number of pyridine rings is 1. The lowest BCUT2D eigenvalue weighted by atomic mass is 9.97. The minimum absolute atomic E-state index is 0.0361. The molecule has 97 heavy (non-hydrogen) atoms. The van der Waals surface area contributed by atoms with E-state index in [1.807, 2.05) is 0 Å². The SMILES string of the molecule is COC(=O)[C@H]1O[C@@H](Oc2cc3ccccc3nc2C(=O)N[C@@H]2CNC(=O)[C@H](C(C)C)N(C)C(=O)CN(C)C(=O)CNC(=O)[C@@H]3CCCCN3C(=O)[C@H](N)CNC(=O)[C@H](C(C)C)N(C)C(=O)CN(C)C(=O)CNC(=O)[C@@H]3CCCCN3C2=O)[C@H](OC(C)=O)[C@@H](OC(C)=O)[C@@H]1OC(C)=O. The number of nitrogens with two attached hydrogens (primary N) is 1. The summed E-state index contributed by atoms with van der Waals surface area (Å²) in [4.78, 5) is 219. The number of rotatable bonds is 10. The molecule has 532 valence electrons. The van der Waals surface area contributed by atoms with Crippen LogP contribution in [0.1, 0.15) is 97.5 Å². The van der Waals surface area contributed by atoms with E-state index in [1.54, 1.807) is 45.9 Å². The van der Waals surface area contributed by atoms with Crippen LogP contribution in [0, 0.1) is 11.8 Å². The van der Waals surface area contributed by atoms with Crippen LogP contribution in [0.3, 0.4) is 0 Å². The molecular formula is C63H89N13O21. The van der Waals surface area contributed by atoms with Gasteiger partial charge in [0.2, 0.25) is 71.5 Å². The topological polar surface area (TPSA) is 430 Å². The Labute approximate surface area is 560 Å². The average molecular weight is 1360 g/mol. The third-order valence-electron chi connectivity index (χ3n) is 16.9. The molecule has 1 aromatic carbocycles. The molecule has 0 saturated carbocycles. The maximum atomic E-state index is 15.3. The average Bonchev–Trinajstić information content (AvgIpc) is 0.770. The first-order valence-corrected chi connectivity index (χ1v) is 31.8. The van der Waals surface area contributed by atoms with Gasteiger partial charge in [-0.2, -0.15) is 0 Å². The molecule has 34 nitrogen and oxygen atoms in total. The number of fused-ring (bicyclic) bond motifs is 3. The zero-order chi connectivity index (χ0) is 71.9. The first-order chi connectivity index (χ1) is 45.8. The first-order valence-electron chi connectivity index (χ1n) is 31.8. The third-order valence-corrected chi connectivity index (χ3v) is 16.9. The van der Waals surface area contributed by atoms with E-state index in [2.05, 4.69) is 31.6 Å². The predicted molar refractivity (Wildman–Crippen MR) is 338 cm³/mol. The summed E-state index contributed by atoms with van der Waals surface area (Å²) in [5.74, 6) is -14.5. The minimum atomic E-state index is -2.01. The Hall–Kier alpha value is -9.60. The Morgan fingerprint density at radius 3 is 1.58 bits per heavy atom. The van der Waals surface area contributed by atoms with Crippen molar-refractivity contribution in [3.8, 4) is 5.75 Å². The molecule has 0 bridgehead atoms. The van der Waals surface area contributed by atoms with E-state index in [9.17, 15) is 62.3 Å². The summed E-state index contributed by atoms with van der Waals surface area (Å²) in [5.41, 5.74) is 5.90. The largest absolute Gasteiger partial charge is 0.467 e. The van der Waals surface area contributed by atoms with Gasteiger partial charge in [-0.1, -0.05) is 45.9 Å². The van der Waals surface area contributed by atoms with Gasteiger partial charge < -0.3 is 90.1 Å². The number of hydrogen-bond donors (Lipinski definition) is 6. The Balaban J connectivity index is 1.38. The highest BCUT2D eigenvalue weighted by Gasteiger charge is 2.56. The summed E-state index contributed by atoms with van der Waals surface area (Å²) >= 11 is 0. The van der Waals surface area contributed by atoms with Crippen molar-refractivity contribution in [1.82, 2.24) is 61.0 Å². The molecule has 6 rings (SSSR count). The zero-order valence-electron chi connectivity index (χ0n) is 56.6. The lowest BCUT2D eigenvalue weighted by Gasteiger charge is -2.43. The third kappa shape index (κ3) is 19.6. The second kappa shape index (κ2) is 34.4. The first kappa shape index (κ1) is 76.4. The summed E-state index contributed by atoms with van der Waals surface area (Å²) < 4.78 is 33.7. The maximum Gasteiger partial charge on any atom is 0.339 e. The number of methoxy groups -OCH3 is 1. The van der Waals surface area contributed by atoms with E-state index >= 15 is 9.59 Å². The van der Waals surface area contributed by atoms with E-state index in [0.717, 1.165) is 52.4 Å². The Morgan fingerprint density at radius 2 is 1.08 bits per heavy atom. The van der Waals surface area contributed by atoms with Gasteiger partial charge in [0.05, 0.1) is 38.8 Å². The van der Waals surface area contributed by atoms with E-state index < -0.39 is 212 Å². The lowest BCUT2D eigenvalue weighted by Crippen LogP contribution is -2.64. The molecule has 4 aliphatic heterocycles. The fraction of sp³-hybridized carbons (Fsp3) is 0.619.